The predicted molar refractivity (Wildman–Crippen MR) is 88.8 cm³/mol. The maximum absolute atomic E-state index is 6.00. The van der Waals surface area contributed by atoms with Crippen LogP contribution in [0.3, 0.4) is 0 Å². The molecular formula is C14H15N5S2. The third kappa shape index (κ3) is 3.43. The molecule has 0 amide bonds. The molecule has 3 N–H and O–H groups in total. The van der Waals surface area contributed by atoms with Gasteiger partial charge < -0.3 is 15.6 Å². The lowest BCUT2D eigenvalue weighted by Gasteiger charge is -2.06. The van der Waals surface area contributed by atoms with Gasteiger partial charge in [-0.05, 0) is 17.8 Å². The summed E-state index contributed by atoms with van der Waals surface area (Å²) < 4.78 is 1.99. The molecule has 0 spiro atoms. The van der Waals surface area contributed by atoms with Crippen LogP contribution in [0.4, 0.5) is 5.82 Å². The van der Waals surface area contributed by atoms with E-state index in [9.17, 15) is 0 Å². The van der Waals surface area contributed by atoms with E-state index in [-0.39, 0.29) is 0 Å². The molecule has 2 aromatic rings. The molecule has 2 heterocycles. The number of nitrogen functional groups attached to an aromatic ring is 1. The second kappa shape index (κ2) is 6.28. The van der Waals surface area contributed by atoms with Crippen molar-refractivity contribution in [1.82, 2.24) is 14.9 Å². The van der Waals surface area contributed by atoms with Crippen LogP contribution < -0.4 is 16.5 Å². The van der Waals surface area contributed by atoms with Crippen molar-refractivity contribution in [2.75, 3.05) is 11.5 Å². The zero-order valence-electron chi connectivity index (χ0n) is 11.3. The molecule has 1 aromatic heterocycles. The van der Waals surface area contributed by atoms with Gasteiger partial charge in [-0.2, -0.15) is 0 Å². The van der Waals surface area contributed by atoms with Crippen LogP contribution in [-0.2, 0) is 13.1 Å². The summed E-state index contributed by atoms with van der Waals surface area (Å²) in [6, 6.07) is 11.8. The van der Waals surface area contributed by atoms with Crippen molar-refractivity contribution in [3.8, 4) is 0 Å². The van der Waals surface area contributed by atoms with E-state index in [1.807, 2.05) is 34.9 Å². The Morgan fingerprint density at radius 3 is 3.05 bits per heavy atom. The maximum Gasteiger partial charge on any atom is 0.195 e. The molecule has 108 valence electrons. The molecule has 0 fully saturated rings. The lowest BCUT2D eigenvalue weighted by atomic mass is 10.2. The van der Waals surface area contributed by atoms with Crippen LogP contribution in [-0.4, -0.2) is 20.4 Å². The second-order valence-corrected chi connectivity index (χ2v) is 6.03. The van der Waals surface area contributed by atoms with Crippen molar-refractivity contribution < 1.29 is 0 Å². The molecule has 3 rings (SSSR count). The number of rotatable bonds is 2. The van der Waals surface area contributed by atoms with E-state index >= 15 is 0 Å². The van der Waals surface area contributed by atoms with Crippen molar-refractivity contribution in [3.63, 3.8) is 0 Å². The number of nitrogens with zero attached hydrogens (tertiary/aromatic N) is 3. The van der Waals surface area contributed by atoms with Gasteiger partial charge in [-0.1, -0.05) is 42.1 Å². The van der Waals surface area contributed by atoms with Crippen LogP contribution in [0.5, 0.6) is 0 Å². The van der Waals surface area contributed by atoms with Gasteiger partial charge in [0.25, 0.3) is 0 Å². The number of hydrogen-bond acceptors (Lipinski definition) is 4. The number of nitrogens with one attached hydrogen (secondary N) is 1. The van der Waals surface area contributed by atoms with E-state index < -0.39 is 0 Å². The number of hydrogen-bond donors (Lipinski definition) is 2. The lowest BCUT2D eigenvalue weighted by Crippen LogP contribution is -2.24. The fraction of sp³-hybridized carbons (Fsp3) is 0.214. The molecule has 1 aromatic carbocycles. The van der Waals surface area contributed by atoms with Crippen molar-refractivity contribution in [3.05, 3.63) is 47.4 Å². The van der Waals surface area contributed by atoms with Crippen LogP contribution in [0.1, 0.15) is 5.56 Å². The molecule has 1 aliphatic heterocycles. The Labute approximate surface area is 132 Å². The van der Waals surface area contributed by atoms with Crippen molar-refractivity contribution in [2.45, 2.75) is 18.2 Å². The van der Waals surface area contributed by atoms with Gasteiger partial charge in [-0.25, -0.2) is 9.98 Å². The van der Waals surface area contributed by atoms with Gasteiger partial charge in [-0.3, -0.25) is 0 Å². The third-order valence-electron chi connectivity index (χ3n) is 3.08. The number of anilines is 1. The molecule has 0 saturated carbocycles. The highest BCUT2D eigenvalue weighted by molar-refractivity contribution is 7.99. The quantitative estimate of drug-likeness (QED) is 0.650. The minimum atomic E-state index is 0.415. The number of nitrogens with two attached hydrogens (primary N) is 1. The highest BCUT2D eigenvalue weighted by atomic mass is 32.2. The topological polar surface area (TPSA) is 68.2 Å². The fourth-order valence-electron chi connectivity index (χ4n) is 2.05. The Hall–Kier alpha value is -1.86. The molecule has 7 heteroatoms. The minimum Gasteiger partial charge on any atom is -0.385 e. The lowest BCUT2D eigenvalue weighted by molar-refractivity contribution is 0.683. The first-order chi connectivity index (χ1) is 10.2. The zero-order chi connectivity index (χ0) is 14.7. The Morgan fingerprint density at radius 2 is 2.24 bits per heavy atom. The minimum absolute atomic E-state index is 0.415. The van der Waals surface area contributed by atoms with E-state index in [2.05, 4.69) is 15.3 Å². The SMILES string of the molecule is Nc1cc(=NC(=S)NCc2ccccc2)nc2n1CCS2. The van der Waals surface area contributed by atoms with E-state index in [0.717, 1.165) is 23.0 Å². The Kier molecular flexibility index (Phi) is 4.21. The van der Waals surface area contributed by atoms with Crippen LogP contribution in [0, 0.1) is 0 Å². The Balaban J connectivity index is 1.73. The normalized spacial score (nSPS) is 14.0. The summed E-state index contributed by atoms with van der Waals surface area (Å²) in [7, 11) is 0. The maximum atomic E-state index is 6.00. The first kappa shape index (κ1) is 14.1. The van der Waals surface area contributed by atoms with Crippen molar-refractivity contribution in [2.24, 2.45) is 4.99 Å². The molecular weight excluding hydrogens is 302 g/mol. The number of fused-ring (bicyclic) bond motifs is 1. The van der Waals surface area contributed by atoms with Gasteiger partial charge in [0.05, 0.1) is 0 Å². The molecule has 0 aliphatic carbocycles. The number of thioether (sulfide) groups is 1. The van der Waals surface area contributed by atoms with Gasteiger partial charge in [0.1, 0.15) is 5.82 Å². The average molecular weight is 317 g/mol. The van der Waals surface area contributed by atoms with Gasteiger partial charge in [0.15, 0.2) is 15.8 Å². The van der Waals surface area contributed by atoms with E-state index in [1.165, 1.54) is 0 Å². The first-order valence-corrected chi connectivity index (χ1v) is 7.98. The zero-order valence-corrected chi connectivity index (χ0v) is 13.0. The van der Waals surface area contributed by atoms with Crippen LogP contribution in [0.2, 0.25) is 0 Å². The van der Waals surface area contributed by atoms with Crippen LogP contribution in [0.15, 0.2) is 46.5 Å². The molecule has 0 saturated heterocycles. The molecule has 0 atom stereocenters. The molecule has 0 radical (unpaired) electrons. The smallest absolute Gasteiger partial charge is 0.195 e. The standard InChI is InChI=1S/C14H15N5S2/c15-11-8-12(18-14-19(11)6-7-21-14)17-13(20)16-9-10-4-2-1-3-5-10/h1-5,8H,6-7,9,15H2,(H,16,20). The van der Waals surface area contributed by atoms with Gasteiger partial charge >= 0.3 is 0 Å². The van der Waals surface area contributed by atoms with E-state index in [4.69, 9.17) is 18.0 Å². The summed E-state index contributed by atoms with van der Waals surface area (Å²) in [4.78, 5) is 8.78. The fourth-order valence-corrected chi connectivity index (χ4v) is 3.18. The number of aromatic nitrogens is 2. The molecule has 0 bridgehead atoms. The highest BCUT2D eigenvalue weighted by Crippen LogP contribution is 2.23. The second-order valence-electron chi connectivity index (χ2n) is 4.58. The summed E-state index contributed by atoms with van der Waals surface area (Å²) in [5.74, 6) is 1.67. The van der Waals surface area contributed by atoms with Crippen molar-refractivity contribution in [1.29, 1.82) is 0 Å². The first-order valence-electron chi connectivity index (χ1n) is 6.59. The van der Waals surface area contributed by atoms with Crippen LogP contribution in [0.25, 0.3) is 0 Å². The predicted octanol–water partition coefficient (Wildman–Crippen LogP) is 1.55. The summed E-state index contributed by atoms with van der Waals surface area (Å²) in [6.07, 6.45) is 0. The summed E-state index contributed by atoms with van der Waals surface area (Å²) in [5, 5.41) is 4.42. The summed E-state index contributed by atoms with van der Waals surface area (Å²) in [6.45, 7) is 1.54. The van der Waals surface area contributed by atoms with Gasteiger partial charge in [0.2, 0.25) is 0 Å². The average Bonchev–Trinajstić information content (AvgIpc) is 2.95. The van der Waals surface area contributed by atoms with Crippen molar-refractivity contribution >= 4 is 34.9 Å². The monoisotopic (exact) mass is 317 g/mol. The Morgan fingerprint density at radius 1 is 1.43 bits per heavy atom. The Bertz CT molecular complexity index is 724. The number of thiocarbonyl (C=S) groups is 1. The van der Waals surface area contributed by atoms with Gasteiger partial charge in [0, 0.05) is 24.9 Å². The van der Waals surface area contributed by atoms with E-state index in [0.29, 0.717) is 23.0 Å². The third-order valence-corrected chi connectivity index (χ3v) is 4.27. The molecule has 21 heavy (non-hydrogen) atoms. The number of benzene rings is 1. The molecule has 1 aliphatic rings. The van der Waals surface area contributed by atoms with Gasteiger partial charge in [-0.15, -0.1) is 0 Å². The summed E-state index contributed by atoms with van der Waals surface area (Å²) >= 11 is 6.92. The largest absolute Gasteiger partial charge is 0.385 e. The highest BCUT2D eigenvalue weighted by Gasteiger charge is 2.13. The van der Waals surface area contributed by atoms with E-state index in [1.54, 1.807) is 17.8 Å². The molecule has 5 nitrogen and oxygen atoms in total. The molecule has 0 unspecified atom stereocenters. The van der Waals surface area contributed by atoms with Crippen LogP contribution >= 0.6 is 24.0 Å². The summed E-state index contributed by atoms with van der Waals surface area (Å²) in [5.41, 5.74) is 7.71.